The van der Waals surface area contributed by atoms with Crippen molar-refractivity contribution in [2.24, 2.45) is 0 Å². The number of hydrogen-bond acceptors (Lipinski definition) is 4. The van der Waals surface area contributed by atoms with Crippen LogP contribution in [-0.4, -0.2) is 35.0 Å². The van der Waals surface area contributed by atoms with E-state index in [2.05, 4.69) is 15.3 Å². The van der Waals surface area contributed by atoms with Gasteiger partial charge in [-0.2, -0.15) is 13.2 Å². The number of amides is 1. The molecular formula is C18H19F3N4O. The van der Waals surface area contributed by atoms with E-state index in [-0.39, 0.29) is 17.8 Å². The largest absolute Gasteiger partial charge is 0.433 e. The number of nitrogens with zero attached hydrogens (tertiary/aromatic N) is 3. The second-order valence-electron chi connectivity index (χ2n) is 6.31. The molecule has 1 aliphatic rings. The molecular weight excluding hydrogens is 345 g/mol. The summed E-state index contributed by atoms with van der Waals surface area (Å²) in [5.74, 6) is 0.138. The molecule has 0 aliphatic carbocycles. The van der Waals surface area contributed by atoms with Gasteiger partial charge in [0.1, 0.15) is 17.8 Å². The maximum absolute atomic E-state index is 12.8. The Labute approximate surface area is 149 Å². The van der Waals surface area contributed by atoms with Crippen LogP contribution in [0.15, 0.2) is 36.7 Å². The monoisotopic (exact) mass is 364 g/mol. The van der Waals surface area contributed by atoms with Gasteiger partial charge in [0.15, 0.2) is 0 Å². The average Bonchev–Trinajstić information content (AvgIpc) is 2.62. The van der Waals surface area contributed by atoms with Gasteiger partial charge in [0, 0.05) is 30.8 Å². The van der Waals surface area contributed by atoms with Crippen LogP contribution in [0.3, 0.4) is 0 Å². The first-order chi connectivity index (χ1) is 12.3. The Balaban J connectivity index is 1.60. The van der Waals surface area contributed by atoms with Crippen LogP contribution >= 0.6 is 0 Å². The van der Waals surface area contributed by atoms with E-state index in [9.17, 15) is 18.0 Å². The van der Waals surface area contributed by atoms with Crippen LogP contribution in [0.1, 0.15) is 34.5 Å². The number of halogens is 3. The fourth-order valence-electron chi connectivity index (χ4n) is 3.02. The van der Waals surface area contributed by atoms with Crippen LogP contribution in [0.2, 0.25) is 0 Å². The lowest BCUT2D eigenvalue weighted by molar-refractivity contribution is -0.141. The van der Waals surface area contributed by atoms with Gasteiger partial charge < -0.3 is 10.2 Å². The molecule has 1 saturated heterocycles. The Morgan fingerprint density at radius 1 is 1.19 bits per heavy atom. The lowest BCUT2D eigenvalue weighted by atomic mass is 10.0. The van der Waals surface area contributed by atoms with Gasteiger partial charge in [0.25, 0.3) is 5.91 Å². The molecule has 2 aromatic rings. The van der Waals surface area contributed by atoms with Gasteiger partial charge in [-0.1, -0.05) is 18.2 Å². The maximum atomic E-state index is 12.8. The maximum Gasteiger partial charge on any atom is 0.433 e. The van der Waals surface area contributed by atoms with Crippen LogP contribution in [0, 0.1) is 6.92 Å². The van der Waals surface area contributed by atoms with Crippen molar-refractivity contribution in [3.8, 4) is 0 Å². The zero-order chi connectivity index (χ0) is 18.7. The summed E-state index contributed by atoms with van der Waals surface area (Å²) in [6.45, 7) is 2.92. The smallest absolute Gasteiger partial charge is 0.356 e. The molecule has 1 amide bonds. The summed E-state index contributed by atoms with van der Waals surface area (Å²) in [7, 11) is 0. The van der Waals surface area contributed by atoms with E-state index in [0.29, 0.717) is 31.5 Å². The topological polar surface area (TPSA) is 58.1 Å². The molecule has 0 spiro atoms. The number of anilines is 1. The summed E-state index contributed by atoms with van der Waals surface area (Å²) in [5, 5.41) is 3.01. The third-order valence-electron chi connectivity index (χ3n) is 4.49. The fraction of sp³-hybridized carbons (Fsp3) is 0.389. The highest BCUT2D eigenvalue weighted by molar-refractivity contribution is 5.95. The molecule has 1 aromatic heterocycles. The molecule has 0 saturated carbocycles. The molecule has 0 unspecified atom stereocenters. The minimum atomic E-state index is -4.49. The van der Waals surface area contributed by atoms with Crippen LogP contribution in [0.5, 0.6) is 0 Å². The molecule has 1 fully saturated rings. The predicted octanol–water partition coefficient (Wildman–Crippen LogP) is 3.20. The Morgan fingerprint density at radius 2 is 1.88 bits per heavy atom. The fourth-order valence-corrected chi connectivity index (χ4v) is 3.02. The van der Waals surface area contributed by atoms with Crippen molar-refractivity contribution in [2.45, 2.75) is 32.0 Å². The van der Waals surface area contributed by atoms with Crippen molar-refractivity contribution < 1.29 is 18.0 Å². The standard InChI is InChI=1S/C18H19F3N4O/c1-12-4-2-3-5-14(12)17(26)24-13-6-8-25(9-7-13)16-10-15(18(19,20)21)22-11-23-16/h2-5,10-11,13H,6-9H2,1H3,(H,24,26). The number of rotatable bonds is 3. The highest BCUT2D eigenvalue weighted by Crippen LogP contribution is 2.29. The summed E-state index contributed by atoms with van der Waals surface area (Å²) in [6, 6.07) is 8.30. The van der Waals surface area contributed by atoms with Gasteiger partial charge in [0.05, 0.1) is 0 Å². The van der Waals surface area contributed by atoms with Crippen molar-refractivity contribution >= 4 is 11.7 Å². The van der Waals surface area contributed by atoms with Gasteiger partial charge in [-0.25, -0.2) is 9.97 Å². The van der Waals surface area contributed by atoms with Crippen molar-refractivity contribution in [3.63, 3.8) is 0 Å². The quantitative estimate of drug-likeness (QED) is 0.909. The zero-order valence-electron chi connectivity index (χ0n) is 14.3. The number of aryl methyl sites for hydroxylation is 1. The summed E-state index contributed by atoms with van der Waals surface area (Å²) in [5.41, 5.74) is 0.598. The number of carbonyl (C=O) groups is 1. The normalized spacial score (nSPS) is 15.8. The van der Waals surface area contributed by atoms with Gasteiger partial charge in [-0.3, -0.25) is 4.79 Å². The third-order valence-corrected chi connectivity index (χ3v) is 4.49. The van der Waals surface area contributed by atoms with Gasteiger partial charge in [-0.15, -0.1) is 0 Å². The van der Waals surface area contributed by atoms with Crippen LogP contribution in [0.4, 0.5) is 19.0 Å². The number of aromatic nitrogens is 2. The average molecular weight is 364 g/mol. The summed E-state index contributed by atoms with van der Waals surface area (Å²) < 4.78 is 38.3. The second kappa shape index (κ2) is 7.31. The molecule has 1 aliphatic heterocycles. The number of benzene rings is 1. The first kappa shape index (κ1) is 18.2. The van der Waals surface area contributed by atoms with E-state index in [1.165, 1.54) is 0 Å². The Morgan fingerprint density at radius 3 is 2.54 bits per heavy atom. The first-order valence-corrected chi connectivity index (χ1v) is 8.35. The minimum Gasteiger partial charge on any atom is -0.356 e. The molecule has 2 heterocycles. The second-order valence-corrected chi connectivity index (χ2v) is 6.31. The van der Waals surface area contributed by atoms with Crippen molar-refractivity contribution in [1.29, 1.82) is 0 Å². The summed E-state index contributed by atoms with van der Waals surface area (Å²) in [4.78, 5) is 21.4. The molecule has 5 nitrogen and oxygen atoms in total. The molecule has 138 valence electrons. The van der Waals surface area contributed by atoms with Crippen molar-refractivity contribution in [1.82, 2.24) is 15.3 Å². The molecule has 8 heteroatoms. The predicted molar refractivity (Wildman–Crippen MR) is 90.9 cm³/mol. The molecule has 26 heavy (non-hydrogen) atoms. The van der Waals surface area contributed by atoms with E-state index in [0.717, 1.165) is 18.0 Å². The highest BCUT2D eigenvalue weighted by atomic mass is 19.4. The Hall–Kier alpha value is -2.64. The molecule has 3 rings (SSSR count). The lowest BCUT2D eigenvalue weighted by Crippen LogP contribution is -2.45. The number of alkyl halides is 3. The number of hydrogen-bond donors (Lipinski definition) is 1. The highest BCUT2D eigenvalue weighted by Gasteiger charge is 2.33. The number of nitrogens with one attached hydrogen (secondary N) is 1. The van der Waals surface area contributed by atoms with Gasteiger partial charge in [-0.05, 0) is 31.4 Å². The SMILES string of the molecule is Cc1ccccc1C(=O)NC1CCN(c2cc(C(F)(F)F)ncn2)CC1. The molecule has 0 bridgehead atoms. The van der Waals surface area contributed by atoms with Crippen LogP contribution < -0.4 is 10.2 Å². The lowest BCUT2D eigenvalue weighted by Gasteiger charge is -2.33. The Kier molecular flexibility index (Phi) is 5.11. The van der Waals surface area contributed by atoms with Gasteiger partial charge in [0.2, 0.25) is 0 Å². The molecule has 1 aromatic carbocycles. The van der Waals surface area contributed by atoms with E-state index < -0.39 is 11.9 Å². The summed E-state index contributed by atoms with van der Waals surface area (Å²) in [6.07, 6.45) is -2.27. The third kappa shape index (κ3) is 4.12. The van der Waals surface area contributed by atoms with E-state index in [1.807, 2.05) is 25.1 Å². The molecule has 0 radical (unpaired) electrons. The van der Waals surface area contributed by atoms with E-state index >= 15 is 0 Å². The zero-order valence-corrected chi connectivity index (χ0v) is 14.3. The number of piperidine rings is 1. The van der Waals surface area contributed by atoms with Crippen LogP contribution in [0.25, 0.3) is 0 Å². The minimum absolute atomic E-state index is 0.0118. The van der Waals surface area contributed by atoms with Gasteiger partial charge >= 0.3 is 6.18 Å². The Bertz CT molecular complexity index is 786. The van der Waals surface area contributed by atoms with E-state index in [4.69, 9.17) is 0 Å². The molecule has 1 N–H and O–H groups in total. The first-order valence-electron chi connectivity index (χ1n) is 8.35. The summed E-state index contributed by atoms with van der Waals surface area (Å²) >= 11 is 0. The van der Waals surface area contributed by atoms with Crippen molar-refractivity contribution in [3.05, 3.63) is 53.5 Å². The molecule has 0 atom stereocenters. The van der Waals surface area contributed by atoms with E-state index in [1.54, 1.807) is 11.0 Å². The van der Waals surface area contributed by atoms with Crippen molar-refractivity contribution in [2.75, 3.05) is 18.0 Å². The number of carbonyl (C=O) groups excluding carboxylic acids is 1. The van der Waals surface area contributed by atoms with Crippen LogP contribution in [-0.2, 0) is 6.18 Å².